The van der Waals surface area contributed by atoms with Crippen LogP contribution in [0.3, 0.4) is 0 Å². The summed E-state index contributed by atoms with van der Waals surface area (Å²) in [7, 11) is 0. The van der Waals surface area contributed by atoms with Crippen LogP contribution in [0.25, 0.3) is 66.1 Å². The molecule has 0 aromatic heterocycles. The fourth-order valence-corrected chi connectivity index (χ4v) is 9.03. The largest absolute Gasteiger partial charge is 0.454 e. The Morgan fingerprint density at radius 2 is 1.02 bits per heavy atom. The van der Waals surface area contributed by atoms with Crippen molar-refractivity contribution < 1.29 is 4.74 Å². The van der Waals surface area contributed by atoms with Crippen molar-refractivity contribution in [3.63, 3.8) is 0 Å². The molecule has 0 saturated heterocycles. The number of benzene rings is 9. The highest BCUT2D eigenvalue weighted by atomic mass is 16.5. The van der Waals surface area contributed by atoms with Gasteiger partial charge in [-0.15, -0.1) is 0 Å². The third-order valence-corrected chi connectivity index (χ3v) is 11.8. The summed E-state index contributed by atoms with van der Waals surface area (Å²) >= 11 is 0. The zero-order chi connectivity index (χ0) is 36.7. The predicted molar refractivity (Wildman–Crippen MR) is 230 cm³/mol. The molecule has 2 heteroatoms. The number of ether oxygens (including phenoxy) is 1. The van der Waals surface area contributed by atoms with E-state index in [4.69, 9.17) is 4.74 Å². The van der Waals surface area contributed by atoms with E-state index in [1.807, 2.05) is 0 Å². The van der Waals surface area contributed by atoms with Gasteiger partial charge in [0.15, 0.2) is 5.75 Å². The maximum atomic E-state index is 7.29. The first-order chi connectivity index (χ1) is 27.0. The number of hydrogen-bond donors (Lipinski definition) is 0. The molecule has 2 nitrogen and oxygen atoms in total. The van der Waals surface area contributed by atoms with Crippen LogP contribution < -0.4 is 9.64 Å². The van der Waals surface area contributed by atoms with Gasteiger partial charge in [0.2, 0.25) is 0 Å². The van der Waals surface area contributed by atoms with Gasteiger partial charge >= 0.3 is 0 Å². The zero-order valence-electron chi connectivity index (χ0n) is 30.8. The average molecular weight is 704 g/mol. The molecule has 9 aromatic rings. The molecule has 0 amide bonds. The minimum Gasteiger partial charge on any atom is -0.454 e. The smallest absolute Gasteiger partial charge is 0.159 e. The van der Waals surface area contributed by atoms with E-state index < -0.39 is 0 Å². The van der Waals surface area contributed by atoms with Gasteiger partial charge in [-0.25, -0.2) is 0 Å². The molecule has 0 fully saturated rings. The molecular formula is C53H37NO. The quantitative estimate of drug-likeness (QED) is 0.181. The zero-order valence-corrected chi connectivity index (χ0v) is 30.8. The number of nitrogens with zero attached hydrogens (tertiary/aromatic N) is 1. The van der Waals surface area contributed by atoms with Crippen LogP contribution in [-0.2, 0) is 5.41 Å². The number of fused-ring (bicyclic) bond motifs is 10. The molecule has 0 bridgehead atoms. The molecule has 2 aliphatic rings. The van der Waals surface area contributed by atoms with E-state index in [1.54, 1.807) is 0 Å². The van der Waals surface area contributed by atoms with E-state index in [2.05, 4.69) is 207 Å². The average Bonchev–Trinajstić information content (AvgIpc) is 3.37. The van der Waals surface area contributed by atoms with Gasteiger partial charge in [0.05, 0.1) is 5.69 Å². The number of para-hydroxylation sites is 2. The summed E-state index contributed by atoms with van der Waals surface area (Å²) < 4.78 is 7.29. The summed E-state index contributed by atoms with van der Waals surface area (Å²) in [6.07, 6.45) is 0. The summed E-state index contributed by atoms with van der Waals surface area (Å²) in [5.41, 5.74) is 15.2. The number of anilines is 3. The number of hydrogen-bond acceptors (Lipinski definition) is 2. The Kier molecular flexibility index (Phi) is 6.93. The second-order valence-corrected chi connectivity index (χ2v) is 15.3. The van der Waals surface area contributed by atoms with Crippen molar-refractivity contribution in [2.24, 2.45) is 0 Å². The Balaban J connectivity index is 1.14. The second-order valence-electron chi connectivity index (χ2n) is 15.3. The minimum absolute atomic E-state index is 0.129. The van der Waals surface area contributed by atoms with E-state index in [0.29, 0.717) is 0 Å². The van der Waals surface area contributed by atoms with Gasteiger partial charge in [-0.3, -0.25) is 0 Å². The number of rotatable bonds is 4. The lowest BCUT2D eigenvalue weighted by molar-refractivity contribution is 0.489. The van der Waals surface area contributed by atoms with Crippen LogP contribution in [-0.4, -0.2) is 0 Å². The van der Waals surface area contributed by atoms with Gasteiger partial charge in [0.1, 0.15) is 5.75 Å². The monoisotopic (exact) mass is 703 g/mol. The fourth-order valence-electron chi connectivity index (χ4n) is 9.03. The first kappa shape index (κ1) is 31.6. The van der Waals surface area contributed by atoms with E-state index in [1.165, 1.54) is 49.5 Å². The van der Waals surface area contributed by atoms with Crippen molar-refractivity contribution in [1.82, 2.24) is 0 Å². The van der Waals surface area contributed by atoms with E-state index in [0.717, 1.165) is 56.2 Å². The second kappa shape index (κ2) is 12.1. The van der Waals surface area contributed by atoms with E-state index >= 15 is 0 Å². The molecule has 0 radical (unpaired) electrons. The molecule has 1 aliphatic heterocycles. The Morgan fingerprint density at radius 1 is 0.382 bits per heavy atom. The lowest BCUT2D eigenvalue weighted by Gasteiger charge is -2.30. The van der Waals surface area contributed by atoms with Crippen LogP contribution in [0.2, 0.25) is 0 Å². The minimum atomic E-state index is -0.129. The molecular weight excluding hydrogens is 667 g/mol. The van der Waals surface area contributed by atoms with Crippen LogP contribution in [0.5, 0.6) is 11.5 Å². The van der Waals surface area contributed by atoms with Crippen molar-refractivity contribution >= 4 is 38.6 Å². The normalized spacial score (nSPS) is 13.2. The highest BCUT2D eigenvalue weighted by molar-refractivity contribution is 6.01. The lowest BCUT2D eigenvalue weighted by atomic mass is 9.82. The van der Waals surface area contributed by atoms with E-state index in [9.17, 15) is 0 Å². The van der Waals surface area contributed by atoms with Gasteiger partial charge in [-0.05, 0) is 121 Å². The Bertz CT molecular complexity index is 2990. The van der Waals surface area contributed by atoms with Crippen molar-refractivity contribution in [3.8, 4) is 56.0 Å². The summed E-state index contributed by atoms with van der Waals surface area (Å²) in [4.78, 5) is 2.37. The topological polar surface area (TPSA) is 12.5 Å². The van der Waals surface area contributed by atoms with Crippen LogP contribution >= 0.6 is 0 Å². The third kappa shape index (κ3) is 4.95. The van der Waals surface area contributed by atoms with Gasteiger partial charge in [-0.2, -0.15) is 0 Å². The molecule has 0 N–H and O–H groups in total. The molecule has 55 heavy (non-hydrogen) atoms. The van der Waals surface area contributed by atoms with Gasteiger partial charge < -0.3 is 9.64 Å². The molecule has 260 valence electrons. The van der Waals surface area contributed by atoms with Crippen molar-refractivity contribution in [2.75, 3.05) is 4.90 Å². The summed E-state index contributed by atoms with van der Waals surface area (Å²) in [5.74, 6) is 1.68. The fraction of sp³-hybridized carbons (Fsp3) is 0.0566. The molecule has 0 saturated carbocycles. The maximum Gasteiger partial charge on any atom is 0.159 e. The Hall–Kier alpha value is -6.90. The first-order valence-electron chi connectivity index (χ1n) is 19.1. The first-order valence-corrected chi connectivity index (χ1v) is 19.1. The third-order valence-electron chi connectivity index (χ3n) is 11.8. The van der Waals surface area contributed by atoms with Crippen LogP contribution in [0.15, 0.2) is 188 Å². The van der Waals surface area contributed by atoms with Crippen molar-refractivity contribution in [3.05, 3.63) is 199 Å². The Labute approximate surface area is 321 Å². The molecule has 0 spiro atoms. The SMILES string of the molecule is CC1(C)c2ccccc2-c2ccc(N(c3ccccc3)c3cccc4c3Oc3cc5ccccc5cc3-c3cc(-c5ccc6ccccc6c5)ccc3-4)cc21. The molecule has 1 aliphatic carbocycles. The van der Waals surface area contributed by atoms with Crippen LogP contribution in [0.4, 0.5) is 17.1 Å². The van der Waals surface area contributed by atoms with Crippen molar-refractivity contribution in [1.29, 1.82) is 0 Å². The summed E-state index contributed by atoms with van der Waals surface area (Å²) in [6, 6.07) is 68.4. The maximum absolute atomic E-state index is 7.29. The van der Waals surface area contributed by atoms with Crippen molar-refractivity contribution in [2.45, 2.75) is 19.3 Å². The molecule has 1 heterocycles. The van der Waals surface area contributed by atoms with E-state index in [-0.39, 0.29) is 5.41 Å². The lowest BCUT2D eigenvalue weighted by Crippen LogP contribution is -2.16. The van der Waals surface area contributed by atoms with Gasteiger partial charge in [0, 0.05) is 27.9 Å². The van der Waals surface area contributed by atoms with Crippen LogP contribution in [0.1, 0.15) is 25.0 Å². The molecule has 0 atom stereocenters. The summed E-state index contributed by atoms with van der Waals surface area (Å²) in [6.45, 7) is 4.69. The highest BCUT2D eigenvalue weighted by Gasteiger charge is 2.36. The molecule has 0 unspecified atom stereocenters. The Morgan fingerprint density at radius 3 is 1.85 bits per heavy atom. The highest BCUT2D eigenvalue weighted by Crippen LogP contribution is 2.55. The summed E-state index contributed by atoms with van der Waals surface area (Å²) in [5, 5.41) is 4.81. The predicted octanol–water partition coefficient (Wildman–Crippen LogP) is 14.9. The van der Waals surface area contributed by atoms with Crippen LogP contribution in [0, 0.1) is 0 Å². The van der Waals surface area contributed by atoms with Gasteiger partial charge in [-0.1, -0.05) is 147 Å². The molecule has 9 aromatic carbocycles. The standard InChI is InChI=1S/C53H37NO/c1-53(2)48-21-11-10-19-43(48)44-28-26-41(33-49(44)53)54(40-17-4-3-5-18-40)50-22-12-20-45-42-27-25-39(38-24-23-34-13-6-7-14-35(34)29-38)30-46(42)47-31-36-15-8-9-16-37(36)32-51(47)55-52(45)50/h3-33H,1-2H3. The van der Waals surface area contributed by atoms with Gasteiger partial charge in [0.25, 0.3) is 0 Å². The molecule has 11 rings (SSSR count).